The van der Waals surface area contributed by atoms with Gasteiger partial charge in [0.15, 0.2) is 0 Å². The lowest BCUT2D eigenvalue weighted by atomic mass is 10.3. The van der Waals surface area contributed by atoms with Crippen molar-refractivity contribution in [3.63, 3.8) is 0 Å². The van der Waals surface area contributed by atoms with Crippen molar-refractivity contribution in [1.29, 1.82) is 0 Å². The van der Waals surface area contributed by atoms with Crippen LogP contribution in [-0.2, 0) is 10.0 Å². The fraction of sp³-hybridized carbons (Fsp3) is 1.00. The number of sulfonamides is 1. The molecule has 19 heavy (non-hydrogen) atoms. The van der Waals surface area contributed by atoms with Crippen LogP contribution in [0.4, 0.5) is 0 Å². The first-order chi connectivity index (χ1) is 9.13. The van der Waals surface area contributed by atoms with Gasteiger partial charge in [0.1, 0.15) is 0 Å². The molecule has 2 rings (SSSR count). The van der Waals surface area contributed by atoms with E-state index in [0.29, 0.717) is 18.8 Å². The number of nitrogens with zero attached hydrogens (tertiary/aromatic N) is 2. The summed E-state index contributed by atoms with van der Waals surface area (Å²) in [6, 6.07) is 0.755. The van der Waals surface area contributed by atoms with Gasteiger partial charge in [-0.15, -0.1) is 0 Å². The highest BCUT2D eigenvalue weighted by molar-refractivity contribution is 7.89. The summed E-state index contributed by atoms with van der Waals surface area (Å²) in [4.78, 5) is 2.44. The second-order valence-corrected chi connectivity index (χ2v) is 7.63. The highest BCUT2D eigenvalue weighted by atomic mass is 32.2. The van der Waals surface area contributed by atoms with Gasteiger partial charge < -0.3 is 5.32 Å². The van der Waals surface area contributed by atoms with E-state index in [-0.39, 0.29) is 0 Å². The molecule has 0 atom stereocenters. The molecule has 0 radical (unpaired) electrons. The molecule has 112 valence electrons. The molecule has 1 saturated heterocycles. The van der Waals surface area contributed by atoms with Gasteiger partial charge in [-0.1, -0.05) is 6.92 Å². The maximum absolute atomic E-state index is 12.2. The third-order valence-electron chi connectivity index (χ3n) is 3.99. The summed E-state index contributed by atoms with van der Waals surface area (Å²) in [6.45, 7) is 7.15. The molecule has 2 aliphatic rings. The molecule has 1 aliphatic heterocycles. The van der Waals surface area contributed by atoms with Crippen LogP contribution in [0, 0.1) is 0 Å². The van der Waals surface area contributed by atoms with Crippen molar-refractivity contribution in [2.45, 2.75) is 38.6 Å². The quantitative estimate of drug-likeness (QED) is 0.661. The van der Waals surface area contributed by atoms with E-state index in [1.807, 2.05) is 0 Å². The standard InChI is InChI=1S/C13H27N3O2S/c1-2-14-7-3-4-12-19(17,18)16-10-8-15(9-11-16)13-5-6-13/h13-14H,2-12H2,1H3. The molecule has 1 aliphatic carbocycles. The molecule has 0 bridgehead atoms. The molecule has 2 fully saturated rings. The normalized spacial score (nSPS) is 22.8. The maximum Gasteiger partial charge on any atom is 0.214 e. The first-order valence-electron chi connectivity index (χ1n) is 7.56. The van der Waals surface area contributed by atoms with Gasteiger partial charge in [-0.3, -0.25) is 4.90 Å². The van der Waals surface area contributed by atoms with Crippen LogP contribution < -0.4 is 5.32 Å². The fourth-order valence-electron chi connectivity index (χ4n) is 2.63. The number of hydrogen-bond donors (Lipinski definition) is 1. The van der Waals surface area contributed by atoms with E-state index in [1.165, 1.54) is 12.8 Å². The van der Waals surface area contributed by atoms with E-state index in [0.717, 1.165) is 45.1 Å². The summed E-state index contributed by atoms with van der Waals surface area (Å²) in [5.41, 5.74) is 0. The second kappa shape index (κ2) is 7.02. The predicted octanol–water partition coefficient (Wildman–Crippen LogP) is 0.486. The van der Waals surface area contributed by atoms with Crippen LogP contribution in [-0.4, -0.2) is 68.7 Å². The van der Waals surface area contributed by atoms with Gasteiger partial charge in [0, 0.05) is 32.2 Å². The molecule has 0 unspecified atom stereocenters. The van der Waals surface area contributed by atoms with Gasteiger partial charge in [0.05, 0.1) is 5.75 Å². The second-order valence-electron chi connectivity index (χ2n) is 5.54. The average Bonchev–Trinajstić information content (AvgIpc) is 3.23. The maximum atomic E-state index is 12.2. The van der Waals surface area contributed by atoms with Gasteiger partial charge >= 0.3 is 0 Å². The monoisotopic (exact) mass is 289 g/mol. The van der Waals surface area contributed by atoms with Crippen LogP contribution >= 0.6 is 0 Å². The molecule has 1 N–H and O–H groups in total. The van der Waals surface area contributed by atoms with E-state index in [4.69, 9.17) is 0 Å². The van der Waals surface area contributed by atoms with Crippen molar-refractivity contribution in [3.8, 4) is 0 Å². The zero-order chi connectivity index (χ0) is 13.7. The minimum Gasteiger partial charge on any atom is -0.317 e. The van der Waals surface area contributed by atoms with Crippen LogP contribution in [0.5, 0.6) is 0 Å². The highest BCUT2D eigenvalue weighted by Gasteiger charge is 2.33. The Bertz CT molecular complexity index is 360. The van der Waals surface area contributed by atoms with E-state index >= 15 is 0 Å². The van der Waals surface area contributed by atoms with Crippen molar-refractivity contribution < 1.29 is 8.42 Å². The zero-order valence-corrected chi connectivity index (χ0v) is 12.8. The Morgan fingerprint density at radius 2 is 1.79 bits per heavy atom. The minimum absolute atomic E-state index is 0.307. The van der Waals surface area contributed by atoms with Gasteiger partial charge in [0.2, 0.25) is 10.0 Å². The number of rotatable bonds is 8. The van der Waals surface area contributed by atoms with Gasteiger partial charge in [-0.2, -0.15) is 4.31 Å². The average molecular weight is 289 g/mol. The molecule has 0 aromatic heterocycles. The lowest BCUT2D eigenvalue weighted by molar-refractivity contribution is 0.180. The smallest absolute Gasteiger partial charge is 0.214 e. The number of piperazine rings is 1. The SMILES string of the molecule is CCNCCCCS(=O)(=O)N1CCN(C2CC2)CC1. The summed E-state index contributed by atoms with van der Waals surface area (Å²) in [5, 5.41) is 3.22. The molecular weight excluding hydrogens is 262 g/mol. The van der Waals surface area contributed by atoms with Crippen LogP contribution in [0.25, 0.3) is 0 Å². The first kappa shape index (κ1) is 15.2. The van der Waals surface area contributed by atoms with Crippen LogP contribution in [0.1, 0.15) is 32.6 Å². The van der Waals surface area contributed by atoms with Gasteiger partial charge in [0.25, 0.3) is 0 Å². The van der Waals surface area contributed by atoms with Crippen molar-refractivity contribution in [2.24, 2.45) is 0 Å². The first-order valence-corrected chi connectivity index (χ1v) is 9.17. The Balaban J connectivity index is 1.67. The Kier molecular flexibility index (Phi) is 5.62. The highest BCUT2D eigenvalue weighted by Crippen LogP contribution is 2.27. The van der Waals surface area contributed by atoms with E-state index < -0.39 is 10.0 Å². The molecule has 1 heterocycles. The Morgan fingerprint density at radius 1 is 1.11 bits per heavy atom. The molecule has 5 nitrogen and oxygen atoms in total. The third kappa shape index (κ3) is 4.70. The molecule has 0 aromatic rings. The molecule has 0 spiro atoms. The Morgan fingerprint density at radius 3 is 2.37 bits per heavy atom. The largest absolute Gasteiger partial charge is 0.317 e. The summed E-state index contributed by atoms with van der Waals surface area (Å²) < 4.78 is 26.1. The number of unbranched alkanes of at least 4 members (excludes halogenated alkanes) is 1. The van der Waals surface area contributed by atoms with Crippen LogP contribution in [0.15, 0.2) is 0 Å². The van der Waals surface area contributed by atoms with Crippen molar-refractivity contribution >= 4 is 10.0 Å². The van der Waals surface area contributed by atoms with Crippen LogP contribution in [0.2, 0.25) is 0 Å². The summed E-state index contributed by atoms with van der Waals surface area (Å²) in [5.74, 6) is 0.307. The molecular formula is C13H27N3O2S. The summed E-state index contributed by atoms with van der Waals surface area (Å²) >= 11 is 0. The van der Waals surface area contributed by atoms with Crippen molar-refractivity contribution in [3.05, 3.63) is 0 Å². The molecule has 1 saturated carbocycles. The number of hydrogen-bond acceptors (Lipinski definition) is 4. The van der Waals surface area contributed by atoms with Crippen molar-refractivity contribution in [2.75, 3.05) is 45.0 Å². The lowest BCUT2D eigenvalue weighted by Gasteiger charge is -2.34. The van der Waals surface area contributed by atoms with E-state index in [2.05, 4.69) is 17.1 Å². The van der Waals surface area contributed by atoms with E-state index in [9.17, 15) is 8.42 Å². The minimum atomic E-state index is -3.02. The van der Waals surface area contributed by atoms with Crippen LogP contribution in [0.3, 0.4) is 0 Å². The van der Waals surface area contributed by atoms with Gasteiger partial charge in [-0.25, -0.2) is 8.42 Å². The number of nitrogens with one attached hydrogen (secondary N) is 1. The Hall–Kier alpha value is -0.170. The molecule has 0 amide bonds. The van der Waals surface area contributed by atoms with Crippen molar-refractivity contribution in [1.82, 2.24) is 14.5 Å². The molecule has 6 heteroatoms. The predicted molar refractivity (Wildman–Crippen MR) is 77.7 cm³/mol. The van der Waals surface area contributed by atoms with E-state index in [1.54, 1.807) is 4.31 Å². The fourth-order valence-corrected chi connectivity index (χ4v) is 4.17. The lowest BCUT2D eigenvalue weighted by Crippen LogP contribution is -2.49. The Labute approximate surface area is 117 Å². The van der Waals surface area contributed by atoms with Gasteiger partial charge in [-0.05, 0) is 38.8 Å². The zero-order valence-electron chi connectivity index (χ0n) is 12.0. The third-order valence-corrected chi connectivity index (χ3v) is 5.94. The molecule has 0 aromatic carbocycles. The topological polar surface area (TPSA) is 52.7 Å². The summed E-state index contributed by atoms with van der Waals surface area (Å²) in [6.07, 6.45) is 4.31. The summed E-state index contributed by atoms with van der Waals surface area (Å²) in [7, 11) is -3.02.